The van der Waals surface area contributed by atoms with Gasteiger partial charge in [0.2, 0.25) is 0 Å². The van der Waals surface area contributed by atoms with Crippen molar-refractivity contribution in [3.8, 4) is 5.75 Å². The molecule has 1 saturated heterocycles. The number of nitrogens with zero attached hydrogens (tertiary/aromatic N) is 4. The normalized spacial score (nSPS) is 22.9. The van der Waals surface area contributed by atoms with Gasteiger partial charge in [-0.05, 0) is 31.1 Å². The Hall–Kier alpha value is -3.09. The maximum Gasteiger partial charge on any atom is 0.169 e. The maximum atomic E-state index is 15.2. The summed E-state index contributed by atoms with van der Waals surface area (Å²) in [6, 6.07) is 1.96. The lowest BCUT2D eigenvalue weighted by Crippen LogP contribution is -2.40. The first-order valence-electron chi connectivity index (χ1n) is 9.54. The van der Waals surface area contributed by atoms with Gasteiger partial charge in [-0.3, -0.25) is 4.98 Å². The maximum absolute atomic E-state index is 15.2. The van der Waals surface area contributed by atoms with Crippen LogP contribution in [0.2, 0.25) is 0 Å². The first-order valence-corrected chi connectivity index (χ1v) is 9.54. The van der Waals surface area contributed by atoms with Crippen LogP contribution in [0.5, 0.6) is 5.75 Å². The Morgan fingerprint density at radius 1 is 1.36 bits per heavy atom. The Balaban J connectivity index is 0.00000205. The van der Waals surface area contributed by atoms with Crippen molar-refractivity contribution in [2.45, 2.75) is 25.4 Å². The molecule has 7 heteroatoms. The molecule has 28 heavy (non-hydrogen) atoms. The Kier molecular flexibility index (Phi) is 3.96. The van der Waals surface area contributed by atoms with Crippen LogP contribution >= 0.6 is 0 Å². The zero-order valence-corrected chi connectivity index (χ0v) is 15.7. The molecular formula is C21H24FN5O. The predicted octanol–water partition coefficient (Wildman–Crippen LogP) is 3.68. The number of benzene rings is 1. The monoisotopic (exact) mass is 381 g/mol. The second-order valence-electron chi connectivity index (χ2n) is 7.51. The second kappa shape index (κ2) is 6.51. The third-order valence-corrected chi connectivity index (χ3v) is 5.59. The lowest BCUT2D eigenvalue weighted by atomic mass is 9.97. The van der Waals surface area contributed by atoms with Gasteiger partial charge in [0.1, 0.15) is 18.1 Å². The molecule has 0 unspecified atom stereocenters. The molecule has 3 aliphatic heterocycles. The summed E-state index contributed by atoms with van der Waals surface area (Å²) >= 11 is 0. The molecule has 1 N–H and O–H groups in total. The minimum absolute atomic E-state index is 0. The standard InChI is InChI=1S/C21H22FN5O.H2/c1-13-3-8-27-14(2)12-28-21-19(27)16(13)9-17(22)20(21)26-7-4-15(11-26)25-18-10-23-5-6-24-18;/h3,5-6,8-10,14-15H,1,4,7,11-12H2,2H3,(H,24,25);1H/t14-,15+;/m0./s1. The van der Waals surface area contributed by atoms with E-state index in [1.807, 2.05) is 12.3 Å². The zero-order valence-electron chi connectivity index (χ0n) is 15.7. The van der Waals surface area contributed by atoms with E-state index in [1.54, 1.807) is 24.7 Å². The van der Waals surface area contributed by atoms with Crippen molar-refractivity contribution in [1.82, 2.24) is 9.97 Å². The van der Waals surface area contributed by atoms with Crippen molar-refractivity contribution in [2.75, 3.05) is 34.8 Å². The van der Waals surface area contributed by atoms with Crippen LogP contribution in [-0.2, 0) is 0 Å². The van der Waals surface area contributed by atoms with Crippen molar-refractivity contribution in [1.29, 1.82) is 0 Å². The predicted molar refractivity (Wildman–Crippen MR) is 110 cm³/mol. The van der Waals surface area contributed by atoms with E-state index in [0.29, 0.717) is 24.6 Å². The van der Waals surface area contributed by atoms with E-state index < -0.39 is 0 Å². The Morgan fingerprint density at radius 3 is 3.07 bits per heavy atom. The van der Waals surface area contributed by atoms with Crippen molar-refractivity contribution in [3.05, 3.63) is 54.9 Å². The number of halogens is 1. The first-order chi connectivity index (χ1) is 13.6. The van der Waals surface area contributed by atoms with Crippen LogP contribution in [0.3, 0.4) is 0 Å². The van der Waals surface area contributed by atoms with Gasteiger partial charge in [0.05, 0.1) is 17.9 Å². The van der Waals surface area contributed by atoms with Gasteiger partial charge in [-0.1, -0.05) is 6.58 Å². The topological polar surface area (TPSA) is 53.5 Å². The molecule has 0 amide bonds. The van der Waals surface area contributed by atoms with Crippen LogP contribution in [0.4, 0.5) is 21.6 Å². The van der Waals surface area contributed by atoms with E-state index in [4.69, 9.17) is 4.74 Å². The van der Waals surface area contributed by atoms with Crippen LogP contribution < -0.4 is 19.9 Å². The molecule has 146 valence electrons. The summed E-state index contributed by atoms with van der Waals surface area (Å²) in [6.45, 7) is 8.12. The third-order valence-electron chi connectivity index (χ3n) is 5.59. The highest BCUT2D eigenvalue weighted by molar-refractivity contribution is 5.92. The molecule has 0 saturated carbocycles. The van der Waals surface area contributed by atoms with Crippen LogP contribution in [0.25, 0.3) is 5.57 Å². The quantitative estimate of drug-likeness (QED) is 0.875. The third kappa shape index (κ3) is 2.69. The van der Waals surface area contributed by atoms with Crippen LogP contribution in [-0.4, -0.2) is 41.7 Å². The summed E-state index contributed by atoms with van der Waals surface area (Å²) in [6.07, 6.45) is 9.85. The highest BCUT2D eigenvalue weighted by Gasteiger charge is 2.36. The fourth-order valence-corrected chi connectivity index (χ4v) is 4.19. The highest BCUT2D eigenvalue weighted by atomic mass is 19.1. The zero-order chi connectivity index (χ0) is 19.3. The van der Waals surface area contributed by atoms with E-state index in [1.165, 1.54) is 0 Å². The lowest BCUT2D eigenvalue weighted by Gasteiger charge is -2.40. The number of hydrogen-bond acceptors (Lipinski definition) is 6. The molecule has 2 atom stereocenters. The Bertz CT molecular complexity index is 967. The van der Waals surface area contributed by atoms with Gasteiger partial charge >= 0.3 is 0 Å². The molecule has 0 radical (unpaired) electrons. The molecule has 3 aliphatic rings. The minimum atomic E-state index is -0.264. The van der Waals surface area contributed by atoms with Crippen molar-refractivity contribution in [3.63, 3.8) is 0 Å². The lowest BCUT2D eigenvalue weighted by molar-refractivity contribution is 0.276. The molecule has 1 aromatic carbocycles. The molecule has 1 fully saturated rings. The molecule has 1 aromatic heterocycles. The number of allylic oxidation sites excluding steroid dienone is 2. The summed E-state index contributed by atoms with van der Waals surface area (Å²) in [5, 5.41) is 3.38. The smallest absolute Gasteiger partial charge is 0.169 e. The van der Waals surface area contributed by atoms with Gasteiger partial charge in [0.25, 0.3) is 0 Å². The van der Waals surface area contributed by atoms with Crippen LogP contribution in [0.1, 0.15) is 20.3 Å². The number of aromatic nitrogens is 2. The molecule has 6 nitrogen and oxygen atoms in total. The second-order valence-corrected chi connectivity index (χ2v) is 7.51. The van der Waals surface area contributed by atoms with E-state index in [-0.39, 0.29) is 19.3 Å². The summed E-state index contributed by atoms with van der Waals surface area (Å²) in [5.41, 5.74) is 3.08. The fraction of sp³-hybridized carbons (Fsp3) is 0.333. The van der Waals surface area contributed by atoms with Crippen LogP contribution in [0, 0.1) is 5.82 Å². The first kappa shape index (κ1) is 17.0. The van der Waals surface area contributed by atoms with Gasteiger partial charge in [-0.25, -0.2) is 9.37 Å². The minimum Gasteiger partial charge on any atom is -0.487 e. The summed E-state index contributed by atoms with van der Waals surface area (Å²) in [7, 11) is 0. The molecule has 4 heterocycles. The fourth-order valence-electron chi connectivity index (χ4n) is 4.19. The number of hydrogen-bond donors (Lipinski definition) is 1. The van der Waals surface area contributed by atoms with E-state index in [0.717, 1.165) is 35.6 Å². The average Bonchev–Trinajstić information content (AvgIpc) is 3.14. The van der Waals surface area contributed by atoms with Crippen molar-refractivity contribution >= 4 is 22.8 Å². The van der Waals surface area contributed by atoms with Crippen molar-refractivity contribution < 1.29 is 10.6 Å². The average molecular weight is 381 g/mol. The molecule has 2 aromatic rings. The molecule has 0 aliphatic carbocycles. The Morgan fingerprint density at radius 2 is 2.25 bits per heavy atom. The van der Waals surface area contributed by atoms with Gasteiger partial charge < -0.3 is 19.9 Å². The van der Waals surface area contributed by atoms with E-state index >= 15 is 4.39 Å². The largest absolute Gasteiger partial charge is 0.487 e. The van der Waals surface area contributed by atoms with Gasteiger partial charge in [-0.15, -0.1) is 0 Å². The molecule has 0 spiro atoms. The molecule has 0 bridgehead atoms. The summed E-state index contributed by atoms with van der Waals surface area (Å²) in [5.74, 6) is 1.10. The van der Waals surface area contributed by atoms with Crippen LogP contribution in [0.15, 0.2) is 43.5 Å². The number of ether oxygens (including phenoxy) is 1. The number of rotatable bonds is 3. The van der Waals surface area contributed by atoms with Crippen molar-refractivity contribution in [2.24, 2.45) is 0 Å². The van der Waals surface area contributed by atoms with E-state index in [9.17, 15) is 0 Å². The molecular weight excluding hydrogens is 357 g/mol. The van der Waals surface area contributed by atoms with E-state index in [2.05, 4.69) is 38.6 Å². The van der Waals surface area contributed by atoms with Gasteiger partial charge in [0.15, 0.2) is 11.6 Å². The van der Waals surface area contributed by atoms with Gasteiger partial charge in [0, 0.05) is 44.7 Å². The number of anilines is 3. The summed E-state index contributed by atoms with van der Waals surface area (Å²) in [4.78, 5) is 12.6. The molecule has 5 rings (SSSR count). The number of nitrogens with one attached hydrogen (secondary N) is 1. The SMILES string of the molecule is C=C1C=CN2c3c1cc(F)c(N1CC[C@@H](Nc4cnccn4)C1)c3OC[C@@H]2C.[HH]. The highest BCUT2D eigenvalue weighted by Crippen LogP contribution is 2.50. The Labute approximate surface area is 164 Å². The van der Waals surface area contributed by atoms with Gasteiger partial charge in [-0.2, -0.15) is 0 Å². The summed E-state index contributed by atoms with van der Waals surface area (Å²) < 4.78 is 21.3.